The second-order valence-corrected chi connectivity index (χ2v) is 10.1. The number of amides is 3. The molecule has 0 unspecified atom stereocenters. The van der Waals surface area contributed by atoms with Crippen LogP contribution in [0.3, 0.4) is 0 Å². The molecule has 0 saturated carbocycles. The van der Waals surface area contributed by atoms with Crippen LogP contribution in [0.15, 0.2) is 64.9 Å². The minimum absolute atomic E-state index is 0.0349. The van der Waals surface area contributed by atoms with Crippen molar-refractivity contribution >= 4 is 51.0 Å². The minimum Gasteiger partial charge on any atom is -0.354 e. The van der Waals surface area contributed by atoms with E-state index in [0.717, 1.165) is 38.8 Å². The van der Waals surface area contributed by atoms with Crippen molar-refractivity contribution in [2.45, 2.75) is 13.3 Å². The topological polar surface area (TPSA) is 113 Å². The monoisotopic (exact) mass is 499 g/mol. The van der Waals surface area contributed by atoms with E-state index < -0.39 is 27.1 Å². The molecule has 2 aromatic carbocycles. The number of aryl methyl sites for hydroxylation is 1. The van der Waals surface area contributed by atoms with Gasteiger partial charge in [-0.15, -0.1) is 0 Å². The summed E-state index contributed by atoms with van der Waals surface area (Å²) in [4.78, 5) is 38.1. The lowest BCUT2D eigenvalue weighted by Crippen LogP contribution is -2.38. The third-order valence-electron chi connectivity index (χ3n) is 4.80. The molecule has 0 aromatic heterocycles. The van der Waals surface area contributed by atoms with Gasteiger partial charge in [0.05, 0.1) is 4.91 Å². The van der Waals surface area contributed by atoms with Gasteiger partial charge in [0, 0.05) is 31.5 Å². The molecule has 178 valence electrons. The molecule has 2 aromatic rings. The van der Waals surface area contributed by atoms with Gasteiger partial charge in [-0.1, -0.05) is 60.2 Å². The van der Waals surface area contributed by atoms with E-state index in [0.29, 0.717) is 4.91 Å². The molecule has 1 aliphatic heterocycles. The third kappa shape index (κ3) is 7.68. The molecule has 34 heavy (non-hydrogen) atoms. The van der Waals surface area contributed by atoms with Gasteiger partial charge in [0.15, 0.2) is 0 Å². The molecule has 1 heterocycles. The minimum atomic E-state index is -3.68. The summed E-state index contributed by atoms with van der Waals surface area (Å²) in [5.74, 6) is -0.792. The molecule has 1 saturated heterocycles. The maximum Gasteiger partial charge on any atom is 0.293 e. The zero-order valence-corrected chi connectivity index (χ0v) is 20.2. The number of nitrogens with zero attached hydrogens (tertiary/aromatic N) is 1. The fourth-order valence-corrected chi connectivity index (χ4v) is 4.67. The Labute approximate surface area is 203 Å². The van der Waals surface area contributed by atoms with Gasteiger partial charge in [0.2, 0.25) is 15.9 Å². The highest BCUT2D eigenvalue weighted by molar-refractivity contribution is 8.18. The summed E-state index contributed by atoms with van der Waals surface area (Å²) in [6.45, 7) is 2.00. The highest BCUT2D eigenvalue weighted by Gasteiger charge is 2.34. The van der Waals surface area contributed by atoms with E-state index in [2.05, 4.69) is 10.0 Å². The number of rotatable bonds is 10. The number of hydrogen-bond donors (Lipinski definition) is 2. The summed E-state index contributed by atoms with van der Waals surface area (Å²) in [6.07, 6.45) is 3.06. The molecular formula is C24H25N3O5S2. The highest BCUT2D eigenvalue weighted by Crippen LogP contribution is 2.31. The van der Waals surface area contributed by atoms with Gasteiger partial charge < -0.3 is 5.32 Å². The van der Waals surface area contributed by atoms with Crippen LogP contribution in [0.5, 0.6) is 0 Å². The van der Waals surface area contributed by atoms with Gasteiger partial charge in [-0.2, -0.15) is 0 Å². The summed E-state index contributed by atoms with van der Waals surface area (Å²) in [5, 5.41) is 3.25. The Morgan fingerprint density at radius 3 is 2.41 bits per heavy atom. The number of thioether (sulfide) groups is 1. The van der Waals surface area contributed by atoms with Crippen molar-refractivity contribution in [3.63, 3.8) is 0 Å². The first-order valence-corrected chi connectivity index (χ1v) is 12.9. The summed E-state index contributed by atoms with van der Waals surface area (Å²) in [7, 11) is -3.68. The van der Waals surface area contributed by atoms with Crippen LogP contribution in [0.4, 0.5) is 4.79 Å². The van der Waals surface area contributed by atoms with E-state index in [1.165, 1.54) is 6.08 Å². The van der Waals surface area contributed by atoms with Gasteiger partial charge in [0.1, 0.15) is 0 Å². The van der Waals surface area contributed by atoms with Crippen LogP contribution in [-0.4, -0.2) is 50.0 Å². The largest absolute Gasteiger partial charge is 0.354 e. The quantitative estimate of drug-likeness (QED) is 0.486. The average molecular weight is 500 g/mol. The van der Waals surface area contributed by atoms with Crippen LogP contribution in [0.1, 0.15) is 23.1 Å². The first kappa shape index (κ1) is 25.4. The van der Waals surface area contributed by atoms with Gasteiger partial charge in [-0.25, -0.2) is 13.1 Å². The predicted octanol–water partition coefficient (Wildman–Crippen LogP) is 3.13. The number of hydrogen-bond acceptors (Lipinski definition) is 6. The fraction of sp³-hybridized carbons (Fsp3) is 0.208. The maximum absolute atomic E-state index is 12.5. The number of imide groups is 1. The van der Waals surface area contributed by atoms with Crippen molar-refractivity contribution in [2.75, 3.05) is 19.6 Å². The zero-order valence-electron chi connectivity index (χ0n) is 18.6. The van der Waals surface area contributed by atoms with Gasteiger partial charge in [-0.3, -0.25) is 19.3 Å². The number of carbonyl (C=O) groups excluding carboxylic acids is 3. The molecule has 10 heteroatoms. The molecule has 2 N–H and O–H groups in total. The molecule has 0 radical (unpaired) electrons. The van der Waals surface area contributed by atoms with E-state index in [1.807, 2.05) is 37.3 Å². The summed E-state index contributed by atoms with van der Waals surface area (Å²) in [6, 6.07) is 16.6. The van der Waals surface area contributed by atoms with Crippen molar-refractivity contribution < 1.29 is 22.8 Å². The highest BCUT2D eigenvalue weighted by atomic mass is 32.2. The number of carbonyl (C=O) groups is 3. The Hall–Kier alpha value is -3.21. The van der Waals surface area contributed by atoms with Crippen molar-refractivity contribution in [3.8, 4) is 0 Å². The number of nitrogens with one attached hydrogen (secondary N) is 2. The SMILES string of the molecule is Cc1ccc(/C=C2\SC(=O)N(CCNC(=O)CCNS(=O)(=O)/C=C/c3ccccc3)C2=O)cc1. The standard InChI is InChI=1S/C24H25N3O5S2/c1-18-7-9-20(10-8-18)17-21-23(29)27(24(30)33-21)15-14-25-22(28)11-13-26-34(31,32)16-12-19-5-3-2-4-6-19/h2-10,12,16-17,26H,11,13-15H2,1H3,(H,25,28)/b16-12+,21-17-. The van der Waals surface area contributed by atoms with Gasteiger partial charge in [-0.05, 0) is 42.0 Å². The van der Waals surface area contributed by atoms with Crippen molar-refractivity contribution in [1.82, 2.24) is 14.9 Å². The zero-order chi connectivity index (χ0) is 24.6. The van der Waals surface area contributed by atoms with Crippen LogP contribution in [-0.2, 0) is 19.6 Å². The Bertz CT molecular complexity index is 1210. The Balaban J connectivity index is 1.40. The van der Waals surface area contributed by atoms with Crippen LogP contribution >= 0.6 is 11.8 Å². The average Bonchev–Trinajstić information content (AvgIpc) is 3.07. The summed E-state index contributed by atoms with van der Waals surface area (Å²) >= 11 is 0.862. The maximum atomic E-state index is 12.5. The summed E-state index contributed by atoms with van der Waals surface area (Å²) in [5.41, 5.74) is 2.66. The Morgan fingerprint density at radius 1 is 1.00 bits per heavy atom. The Kier molecular flexibility index (Phi) is 8.80. The van der Waals surface area contributed by atoms with Crippen molar-refractivity contribution in [1.29, 1.82) is 0 Å². The fourth-order valence-electron chi connectivity index (χ4n) is 2.99. The van der Waals surface area contributed by atoms with Gasteiger partial charge >= 0.3 is 0 Å². The summed E-state index contributed by atoms with van der Waals surface area (Å²) < 4.78 is 26.3. The van der Waals surface area contributed by atoms with Crippen molar-refractivity contribution in [2.24, 2.45) is 0 Å². The molecular weight excluding hydrogens is 474 g/mol. The Morgan fingerprint density at radius 2 is 1.71 bits per heavy atom. The molecule has 0 bridgehead atoms. The van der Waals surface area contributed by atoms with Crippen molar-refractivity contribution in [3.05, 3.63) is 81.6 Å². The molecule has 3 rings (SSSR count). The number of sulfonamides is 1. The van der Waals surface area contributed by atoms with E-state index in [1.54, 1.807) is 30.3 Å². The number of benzene rings is 2. The smallest absolute Gasteiger partial charge is 0.293 e. The molecule has 1 fully saturated rings. The van der Waals surface area contributed by atoms with Crippen LogP contribution in [0, 0.1) is 6.92 Å². The van der Waals surface area contributed by atoms with Crippen LogP contribution < -0.4 is 10.0 Å². The van der Waals surface area contributed by atoms with E-state index >= 15 is 0 Å². The van der Waals surface area contributed by atoms with E-state index in [4.69, 9.17) is 0 Å². The molecule has 1 aliphatic rings. The lowest BCUT2D eigenvalue weighted by molar-refractivity contribution is -0.124. The molecule has 0 spiro atoms. The molecule has 3 amide bonds. The van der Waals surface area contributed by atoms with Crippen LogP contribution in [0.25, 0.3) is 12.2 Å². The second-order valence-electron chi connectivity index (χ2n) is 7.50. The third-order valence-corrected chi connectivity index (χ3v) is 6.81. The van der Waals surface area contributed by atoms with E-state index in [9.17, 15) is 22.8 Å². The molecule has 0 atom stereocenters. The second kappa shape index (κ2) is 11.8. The van der Waals surface area contributed by atoms with E-state index in [-0.39, 0.29) is 26.1 Å². The molecule has 0 aliphatic carbocycles. The van der Waals surface area contributed by atoms with Crippen LogP contribution in [0.2, 0.25) is 0 Å². The lowest BCUT2D eigenvalue weighted by Gasteiger charge is -2.13. The predicted molar refractivity (Wildman–Crippen MR) is 134 cm³/mol. The lowest BCUT2D eigenvalue weighted by atomic mass is 10.1. The normalized spacial score (nSPS) is 15.4. The first-order valence-electron chi connectivity index (χ1n) is 10.5. The van der Waals surface area contributed by atoms with Gasteiger partial charge in [0.25, 0.3) is 11.1 Å². The molecule has 8 nitrogen and oxygen atoms in total. The first-order chi connectivity index (χ1) is 16.2.